The van der Waals surface area contributed by atoms with Gasteiger partial charge in [0, 0.05) is 0 Å². The fourth-order valence-electron chi connectivity index (χ4n) is 1.76. The molecule has 0 spiro atoms. The maximum atomic E-state index is 9.70. The molecule has 20 heavy (non-hydrogen) atoms. The van der Waals surface area contributed by atoms with Crippen LogP contribution in [0.4, 0.5) is 0 Å². The molecule has 0 aliphatic rings. The number of benzene rings is 1. The van der Waals surface area contributed by atoms with Crippen molar-refractivity contribution >= 4 is 0 Å². The molecule has 0 aliphatic carbocycles. The van der Waals surface area contributed by atoms with E-state index in [4.69, 9.17) is 14.2 Å². The van der Waals surface area contributed by atoms with Crippen LogP contribution in [0.2, 0.25) is 0 Å². The standard InChI is InChI=1S/C15H23NO4/c1-4-7-16-9-13(17)11-20-10-12-5-6-14(18-2)15(8-12)19-3/h4-6,8,13,16-17H,1,7,9-11H2,2-3H3/p+1/t13-/m0/s1. The highest BCUT2D eigenvalue weighted by Crippen LogP contribution is 2.27. The second kappa shape index (κ2) is 9.36. The van der Waals surface area contributed by atoms with Gasteiger partial charge >= 0.3 is 0 Å². The molecule has 0 amide bonds. The monoisotopic (exact) mass is 282 g/mol. The third-order valence-electron chi connectivity index (χ3n) is 2.80. The molecule has 112 valence electrons. The van der Waals surface area contributed by atoms with Gasteiger partial charge in [-0.2, -0.15) is 0 Å². The Balaban J connectivity index is 2.36. The fourth-order valence-corrected chi connectivity index (χ4v) is 1.76. The predicted octanol–water partition coefficient (Wildman–Crippen LogP) is 0.331. The van der Waals surface area contributed by atoms with E-state index in [1.165, 1.54) is 0 Å². The van der Waals surface area contributed by atoms with E-state index in [9.17, 15) is 5.11 Å². The Labute approximate surface area is 120 Å². The van der Waals surface area contributed by atoms with Gasteiger partial charge in [0.2, 0.25) is 0 Å². The van der Waals surface area contributed by atoms with E-state index in [1.54, 1.807) is 20.3 Å². The van der Waals surface area contributed by atoms with E-state index in [0.717, 1.165) is 12.1 Å². The maximum absolute atomic E-state index is 9.70. The zero-order valence-electron chi connectivity index (χ0n) is 12.2. The van der Waals surface area contributed by atoms with Gasteiger partial charge in [-0.15, -0.1) is 0 Å². The van der Waals surface area contributed by atoms with Crippen LogP contribution in [0.15, 0.2) is 30.9 Å². The molecule has 3 N–H and O–H groups in total. The first-order valence-corrected chi connectivity index (χ1v) is 6.60. The highest BCUT2D eigenvalue weighted by atomic mass is 16.5. The molecule has 0 bridgehead atoms. The van der Waals surface area contributed by atoms with Crippen molar-refractivity contribution in [2.45, 2.75) is 12.7 Å². The summed E-state index contributed by atoms with van der Waals surface area (Å²) in [5, 5.41) is 11.7. The number of hydrogen-bond acceptors (Lipinski definition) is 4. The summed E-state index contributed by atoms with van der Waals surface area (Å²) in [7, 11) is 3.20. The van der Waals surface area contributed by atoms with Crippen LogP contribution >= 0.6 is 0 Å². The number of ether oxygens (including phenoxy) is 3. The van der Waals surface area contributed by atoms with Crippen molar-refractivity contribution in [1.29, 1.82) is 0 Å². The Morgan fingerprint density at radius 3 is 2.70 bits per heavy atom. The van der Waals surface area contributed by atoms with Crippen LogP contribution in [0, 0.1) is 0 Å². The molecule has 0 aliphatic heterocycles. The van der Waals surface area contributed by atoms with Crippen LogP contribution in [0.3, 0.4) is 0 Å². The number of hydrogen-bond donors (Lipinski definition) is 2. The fraction of sp³-hybridized carbons (Fsp3) is 0.467. The second-order valence-electron chi connectivity index (χ2n) is 4.41. The van der Waals surface area contributed by atoms with Crippen molar-refractivity contribution < 1.29 is 24.6 Å². The minimum atomic E-state index is -0.477. The summed E-state index contributed by atoms with van der Waals surface area (Å²) >= 11 is 0. The number of aliphatic hydroxyl groups excluding tert-OH is 1. The van der Waals surface area contributed by atoms with Crippen molar-refractivity contribution in [2.24, 2.45) is 0 Å². The lowest BCUT2D eigenvalue weighted by Gasteiger charge is -2.12. The van der Waals surface area contributed by atoms with E-state index in [-0.39, 0.29) is 0 Å². The third kappa shape index (κ3) is 5.61. The molecule has 1 aromatic rings. The van der Waals surface area contributed by atoms with Crippen molar-refractivity contribution in [2.75, 3.05) is 33.9 Å². The van der Waals surface area contributed by atoms with Gasteiger partial charge in [-0.1, -0.05) is 12.6 Å². The molecular formula is C15H24NO4+. The van der Waals surface area contributed by atoms with Crippen LogP contribution < -0.4 is 14.8 Å². The Morgan fingerprint density at radius 1 is 1.30 bits per heavy atom. The number of aliphatic hydroxyl groups is 1. The number of quaternary nitrogens is 1. The average Bonchev–Trinajstić information content (AvgIpc) is 2.47. The van der Waals surface area contributed by atoms with E-state index >= 15 is 0 Å². The molecule has 0 radical (unpaired) electrons. The van der Waals surface area contributed by atoms with Crippen LogP contribution in [0.5, 0.6) is 11.5 Å². The molecule has 5 nitrogen and oxygen atoms in total. The van der Waals surface area contributed by atoms with Gasteiger partial charge in [0.1, 0.15) is 12.6 Å². The normalized spacial score (nSPS) is 11.9. The summed E-state index contributed by atoms with van der Waals surface area (Å²) in [6.45, 7) is 5.77. The van der Waals surface area contributed by atoms with Crippen molar-refractivity contribution in [1.82, 2.24) is 0 Å². The summed E-state index contributed by atoms with van der Waals surface area (Å²) in [6.07, 6.45) is 1.33. The molecule has 0 unspecified atom stereocenters. The summed E-state index contributed by atoms with van der Waals surface area (Å²) < 4.78 is 15.9. The minimum absolute atomic E-state index is 0.308. The molecular weight excluding hydrogens is 258 g/mol. The zero-order chi connectivity index (χ0) is 14.8. The molecule has 0 saturated carbocycles. The smallest absolute Gasteiger partial charge is 0.161 e. The van der Waals surface area contributed by atoms with Gasteiger partial charge in [-0.05, 0) is 23.8 Å². The lowest BCUT2D eigenvalue weighted by atomic mass is 10.2. The average molecular weight is 282 g/mol. The van der Waals surface area contributed by atoms with E-state index in [0.29, 0.717) is 31.3 Å². The number of rotatable bonds is 10. The first kappa shape index (κ1) is 16.5. The third-order valence-corrected chi connectivity index (χ3v) is 2.80. The van der Waals surface area contributed by atoms with E-state index < -0.39 is 6.10 Å². The second-order valence-corrected chi connectivity index (χ2v) is 4.41. The SMILES string of the molecule is C=CC[NH2+]C[C@H](O)COCc1ccc(OC)c(OC)c1. The molecule has 0 heterocycles. The molecule has 1 aromatic carbocycles. The summed E-state index contributed by atoms with van der Waals surface area (Å²) in [6, 6.07) is 5.62. The van der Waals surface area contributed by atoms with Crippen molar-refractivity contribution in [3.8, 4) is 11.5 Å². The molecule has 0 saturated heterocycles. The molecule has 0 fully saturated rings. The van der Waals surface area contributed by atoms with E-state index in [2.05, 4.69) is 6.58 Å². The minimum Gasteiger partial charge on any atom is -0.493 e. The van der Waals surface area contributed by atoms with Gasteiger partial charge in [0.25, 0.3) is 0 Å². The van der Waals surface area contributed by atoms with Gasteiger partial charge in [-0.3, -0.25) is 0 Å². The van der Waals surface area contributed by atoms with Gasteiger partial charge in [-0.25, -0.2) is 0 Å². The lowest BCUT2D eigenvalue weighted by Crippen LogP contribution is -2.86. The number of methoxy groups -OCH3 is 2. The molecule has 1 atom stereocenters. The molecule has 0 aromatic heterocycles. The Morgan fingerprint density at radius 2 is 2.05 bits per heavy atom. The van der Waals surface area contributed by atoms with Crippen LogP contribution in [-0.4, -0.2) is 45.1 Å². The van der Waals surface area contributed by atoms with Crippen LogP contribution in [0.1, 0.15) is 5.56 Å². The van der Waals surface area contributed by atoms with Crippen molar-refractivity contribution in [3.05, 3.63) is 36.4 Å². The molecule has 1 rings (SSSR count). The van der Waals surface area contributed by atoms with Crippen LogP contribution in [-0.2, 0) is 11.3 Å². The van der Waals surface area contributed by atoms with Gasteiger partial charge < -0.3 is 24.6 Å². The predicted molar refractivity (Wildman–Crippen MR) is 77.1 cm³/mol. The summed E-state index contributed by atoms with van der Waals surface area (Å²) in [4.78, 5) is 0. The molecule has 5 heteroatoms. The highest BCUT2D eigenvalue weighted by molar-refractivity contribution is 5.42. The lowest BCUT2D eigenvalue weighted by molar-refractivity contribution is -0.652. The maximum Gasteiger partial charge on any atom is 0.161 e. The summed E-state index contributed by atoms with van der Waals surface area (Å²) in [5.74, 6) is 1.36. The topological polar surface area (TPSA) is 64.5 Å². The highest BCUT2D eigenvalue weighted by Gasteiger charge is 2.08. The van der Waals surface area contributed by atoms with E-state index in [1.807, 2.05) is 23.5 Å². The first-order chi connectivity index (χ1) is 9.71. The quantitative estimate of drug-likeness (QED) is 0.479. The van der Waals surface area contributed by atoms with Crippen molar-refractivity contribution in [3.63, 3.8) is 0 Å². The van der Waals surface area contributed by atoms with Gasteiger partial charge in [0.05, 0.1) is 34.0 Å². The first-order valence-electron chi connectivity index (χ1n) is 6.60. The largest absolute Gasteiger partial charge is 0.493 e. The Kier molecular flexibility index (Phi) is 7.72. The summed E-state index contributed by atoms with van der Waals surface area (Å²) in [5.41, 5.74) is 0.977. The number of nitrogens with two attached hydrogens (primary N) is 1. The van der Waals surface area contributed by atoms with Crippen LogP contribution in [0.25, 0.3) is 0 Å². The Hall–Kier alpha value is -1.56. The Bertz CT molecular complexity index is 409. The van der Waals surface area contributed by atoms with Gasteiger partial charge in [0.15, 0.2) is 11.5 Å². The zero-order valence-corrected chi connectivity index (χ0v) is 12.2.